The molecule has 0 saturated heterocycles. The van der Waals surface area contributed by atoms with E-state index >= 15 is 0 Å². The van der Waals surface area contributed by atoms with Gasteiger partial charge < -0.3 is 9.88 Å². The average molecular weight is 426 g/mol. The zero-order valence-electron chi connectivity index (χ0n) is 17.5. The smallest absolute Gasteiger partial charge is 0.255 e. The number of pyridine rings is 1. The highest BCUT2D eigenvalue weighted by molar-refractivity contribution is 6.36. The Kier molecular flexibility index (Phi) is 5.24. The first-order valence-electron chi connectivity index (χ1n) is 10.0. The van der Waals surface area contributed by atoms with Crippen molar-refractivity contribution in [1.82, 2.24) is 24.9 Å². The van der Waals surface area contributed by atoms with Crippen molar-refractivity contribution >= 4 is 17.5 Å². The molecule has 1 aliphatic heterocycles. The Morgan fingerprint density at radius 1 is 1.23 bits per heavy atom. The molecule has 1 aromatic carbocycles. The molecule has 0 aliphatic carbocycles. The molecule has 1 amide bonds. The number of fused-ring (bicyclic) bond motifs is 1. The fourth-order valence-corrected chi connectivity index (χ4v) is 4.55. The number of rotatable bonds is 4. The van der Waals surface area contributed by atoms with Gasteiger partial charge in [0.05, 0.1) is 28.5 Å². The molecule has 156 valence electrons. The van der Waals surface area contributed by atoms with Crippen LogP contribution in [0.2, 0.25) is 5.02 Å². The van der Waals surface area contributed by atoms with Gasteiger partial charge in [-0.15, -0.1) is 5.10 Å². The summed E-state index contributed by atoms with van der Waals surface area (Å²) >= 11 is 6.75. The maximum Gasteiger partial charge on any atom is 0.255 e. The number of aromatic amines is 1. The van der Waals surface area contributed by atoms with Gasteiger partial charge in [0.15, 0.2) is 0 Å². The van der Waals surface area contributed by atoms with Gasteiger partial charge in [-0.25, -0.2) is 4.68 Å². The quantitative estimate of drug-likeness (QED) is 0.695. The molecule has 3 aromatic rings. The van der Waals surface area contributed by atoms with Crippen LogP contribution >= 0.6 is 11.6 Å². The fraction of sp³-hybridized carbons (Fsp3) is 0.364. The third-order valence-electron chi connectivity index (χ3n) is 5.72. The highest BCUT2D eigenvalue weighted by Gasteiger charge is 2.30. The summed E-state index contributed by atoms with van der Waals surface area (Å²) in [6.45, 7) is 6.55. The van der Waals surface area contributed by atoms with Crippen molar-refractivity contribution in [2.75, 3.05) is 6.54 Å². The van der Waals surface area contributed by atoms with E-state index in [9.17, 15) is 9.59 Å². The molecule has 0 fully saturated rings. The normalized spacial score (nSPS) is 13.6. The zero-order chi connectivity index (χ0) is 21.6. The minimum atomic E-state index is -0.155. The molecule has 8 heteroatoms. The molecule has 0 saturated carbocycles. The number of aromatic nitrogens is 4. The zero-order valence-corrected chi connectivity index (χ0v) is 18.3. The van der Waals surface area contributed by atoms with Gasteiger partial charge >= 0.3 is 0 Å². The standard InChI is InChI=1S/C22H24ClN5O2/c1-5-14-10-12(2)24-21(29)17(14)11-28-9-8-15-6-7-16(19(23)18(15)22(28)30)20-13(3)25-26-27(20)4/h6-7,10H,5,8-9,11H2,1-4H3,(H,24,29). The predicted molar refractivity (Wildman–Crippen MR) is 116 cm³/mol. The van der Waals surface area contributed by atoms with Crippen molar-refractivity contribution in [3.63, 3.8) is 0 Å². The van der Waals surface area contributed by atoms with Crippen LogP contribution in [0.5, 0.6) is 0 Å². The molecule has 3 heterocycles. The summed E-state index contributed by atoms with van der Waals surface area (Å²) in [6.07, 6.45) is 1.42. The summed E-state index contributed by atoms with van der Waals surface area (Å²) in [5, 5.41) is 8.54. The number of nitrogens with one attached hydrogen (secondary N) is 1. The summed E-state index contributed by atoms with van der Waals surface area (Å²) in [6, 6.07) is 5.85. The van der Waals surface area contributed by atoms with Crippen molar-refractivity contribution < 1.29 is 4.79 Å². The van der Waals surface area contributed by atoms with Crippen LogP contribution in [0.4, 0.5) is 0 Å². The van der Waals surface area contributed by atoms with E-state index in [4.69, 9.17) is 11.6 Å². The maximum absolute atomic E-state index is 13.4. The van der Waals surface area contributed by atoms with Crippen LogP contribution in [0, 0.1) is 13.8 Å². The molecule has 7 nitrogen and oxygen atoms in total. The first-order chi connectivity index (χ1) is 14.3. The summed E-state index contributed by atoms with van der Waals surface area (Å²) < 4.78 is 1.66. The Hall–Kier alpha value is -2.93. The van der Waals surface area contributed by atoms with Gasteiger partial charge in [-0.1, -0.05) is 35.9 Å². The Morgan fingerprint density at radius 2 is 2.00 bits per heavy atom. The van der Waals surface area contributed by atoms with Crippen LogP contribution in [-0.4, -0.2) is 37.3 Å². The van der Waals surface area contributed by atoms with Crippen molar-refractivity contribution in [1.29, 1.82) is 0 Å². The Bertz CT molecular complexity index is 1190. The highest BCUT2D eigenvalue weighted by Crippen LogP contribution is 2.36. The number of amides is 1. The number of halogens is 1. The van der Waals surface area contributed by atoms with E-state index < -0.39 is 0 Å². The molecule has 2 aromatic heterocycles. The first-order valence-corrected chi connectivity index (χ1v) is 10.4. The van der Waals surface area contributed by atoms with Crippen LogP contribution < -0.4 is 5.56 Å². The minimum Gasteiger partial charge on any atom is -0.334 e. The van der Waals surface area contributed by atoms with E-state index in [0.29, 0.717) is 29.1 Å². The molecule has 1 aliphatic rings. The molecule has 30 heavy (non-hydrogen) atoms. The molecular weight excluding hydrogens is 402 g/mol. The second-order valence-corrected chi connectivity index (χ2v) is 8.10. The van der Waals surface area contributed by atoms with Crippen molar-refractivity contribution in [2.45, 2.75) is 40.2 Å². The SMILES string of the molecule is CCc1cc(C)[nH]c(=O)c1CN1CCc2ccc(-c3c(C)nnn3C)c(Cl)c2C1=O. The number of carbonyl (C=O) groups excluding carboxylic acids is 1. The molecule has 0 spiro atoms. The van der Waals surface area contributed by atoms with Gasteiger partial charge in [0.2, 0.25) is 0 Å². The second-order valence-electron chi connectivity index (χ2n) is 7.72. The molecule has 0 atom stereocenters. The number of benzene rings is 1. The fourth-order valence-electron chi connectivity index (χ4n) is 4.20. The number of carbonyl (C=O) groups is 1. The van der Waals surface area contributed by atoms with Crippen LogP contribution in [0.3, 0.4) is 0 Å². The summed E-state index contributed by atoms with van der Waals surface area (Å²) in [4.78, 5) is 30.5. The Morgan fingerprint density at radius 3 is 2.67 bits per heavy atom. The first kappa shape index (κ1) is 20.3. The van der Waals surface area contributed by atoms with Crippen LogP contribution in [0.25, 0.3) is 11.3 Å². The molecular formula is C22H24ClN5O2. The van der Waals surface area contributed by atoms with Gasteiger partial charge in [-0.3, -0.25) is 9.59 Å². The summed E-state index contributed by atoms with van der Waals surface area (Å²) in [5.41, 5.74) is 5.98. The van der Waals surface area contributed by atoms with Crippen LogP contribution in [0.1, 0.15) is 45.4 Å². The van der Waals surface area contributed by atoms with Crippen molar-refractivity contribution in [3.8, 4) is 11.3 Å². The van der Waals surface area contributed by atoms with Gasteiger partial charge in [-0.05, 0) is 43.9 Å². The van der Waals surface area contributed by atoms with Gasteiger partial charge in [0.1, 0.15) is 0 Å². The lowest BCUT2D eigenvalue weighted by Gasteiger charge is -2.30. The molecule has 1 N–H and O–H groups in total. The van der Waals surface area contributed by atoms with Crippen LogP contribution in [-0.2, 0) is 26.4 Å². The van der Waals surface area contributed by atoms with Gasteiger partial charge in [0, 0.05) is 30.4 Å². The van der Waals surface area contributed by atoms with Crippen LogP contribution in [0.15, 0.2) is 23.0 Å². The third kappa shape index (κ3) is 3.33. The maximum atomic E-state index is 13.4. The molecule has 0 radical (unpaired) electrons. The summed E-state index contributed by atoms with van der Waals surface area (Å²) in [5.74, 6) is -0.155. The van der Waals surface area contributed by atoms with E-state index in [1.807, 2.05) is 39.0 Å². The average Bonchev–Trinajstić information content (AvgIpc) is 3.04. The third-order valence-corrected chi connectivity index (χ3v) is 6.12. The molecule has 4 rings (SSSR count). The van der Waals surface area contributed by atoms with Crippen molar-refractivity contribution in [2.24, 2.45) is 7.05 Å². The number of nitrogens with zero attached hydrogens (tertiary/aromatic N) is 4. The Balaban J connectivity index is 1.74. The van der Waals surface area contributed by atoms with E-state index in [-0.39, 0.29) is 18.0 Å². The molecule has 0 unspecified atom stereocenters. The largest absolute Gasteiger partial charge is 0.334 e. The lowest BCUT2D eigenvalue weighted by Crippen LogP contribution is -2.39. The van der Waals surface area contributed by atoms with E-state index in [1.54, 1.807) is 16.6 Å². The number of H-pyrrole nitrogens is 1. The highest BCUT2D eigenvalue weighted by atomic mass is 35.5. The van der Waals surface area contributed by atoms with Gasteiger partial charge in [-0.2, -0.15) is 0 Å². The monoisotopic (exact) mass is 425 g/mol. The number of hydrogen-bond donors (Lipinski definition) is 1. The van der Waals surface area contributed by atoms with Gasteiger partial charge in [0.25, 0.3) is 11.5 Å². The molecule has 0 bridgehead atoms. The van der Waals surface area contributed by atoms with E-state index in [0.717, 1.165) is 40.2 Å². The minimum absolute atomic E-state index is 0.137. The predicted octanol–water partition coefficient (Wildman–Crippen LogP) is 3.20. The lowest BCUT2D eigenvalue weighted by molar-refractivity contribution is 0.0726. The number of aryl methyl sites for hydroxylation is 4. The van der Waals surface area contributed by atoms with Crippen molar-refractivity contribution in [3.05, 3.63) is 67.2 Å². The lowest BCUT2D eigenvalue weighted by atomic mass is 9.94. The topological polar surface area (TPSA) is 83.9 Å². The number of hydrogen-bond acceptors (Lipinski definition) is 4. The Labute approximate surface area is 179 Å². The van der Waals surface area contributed by atoms with E-state index in [2.05, 4.69) is 15.3 Å². The van der Waals surface area contributed by atoms with E-state index in [1.165, 1.54) is 0 Å². The second kappa shape index (κ2) is 7.72. The summed E-state index contributed by atoms with van der Waals surface area (Å²) in [7, 11) is 1.80.